The molecule has 8 nitrogen and oxygen atoms in total. The van der Waals surface area contributed by atoms with Crippen molar-refractivity contribution in [3.63, 3.8) is 0 Å². The summed E-state index contributed by atoms with van der Waals surface area (Å²) in [7, 11) is 0. The second-order valence-electron chi connectivity index (χ2n) is 8.48. The van der Waals surface area contributed by atoms with E-state index >= 15 is 0 Å². The summed E-state index contributed by atoms with van der Waals surface area (Å²) in [6, 6.07) is 2.54. The Morgan fingerprint density at radius 3 is 2.75 bits per heavy atom. The van der Waals surface area contributed by atoms with Crippen LogP contribution >= 0.6 is 0 Å². The van der Waals surface area contributed by atoms with Crippen LogP contribution in [0.5, 0.6) is 5.75 Å². The highest BCUT2D eigenvalue weighted by molar-refractivity contribution is 5.73. The molecule has 2 aliphatic heterocycles. The molecule has 1 N–H and O–H groups in total. The van der Waals surface area contributed by atoms with Gasteiger partial charge in [0.05, 0.1) is 18.3 Å². The number of nitrogens with one attached hydrogen (secondary N) is 1. The Morgan fingerprint density at radius 2 is 2.00 bits per heavy atom. The van der Waals surface area contributed by atoms with Gasteiger partial charge in [0, 0.05) is 31.9 Å². The number of hydrogen-bond acceptors (Lipinski definition) is 6. The van der Waals surface area contributed by atoms with Crippen molar-refractivity contribution in [3.05, 3.63) is 51.7 Å². The van der Waals surface area contributed by atoms with Crippen molar-refractivity contribution >= 4 is 11.0 Å². The zero-order chi connectivity index (χ0) is 22.4. The number of aromatic nitrogens is 4. The fourth-order valence-corrected chi connectivity index (χ4v) is 4.32. The maximum Gasteiger partial charge on any atom is 0.262 e. The molecule has 1 unspecified atom stereocenters. The molecule has 0 bridgehead atoms. The van der Waals surface area contributed by atoms with E-state index in [9.17, 15) is 13.6 Å². The average Bonchev–Trinajstić information content (AvgIpc) is 3.20. The van der Waals surface area contributed by atoms with Crippen molar-refractivity contribution in [2.24, 2.45) is 0 Å². The number of hydrogen-bond donors (Lipinski definition) is 1. The van der Waals surface area contributed by atoms with E-state index in [1.807, 2.05) is 11.6 Å². The van der Waals surface area contributed by atoms with E-state index in [4.69, 9.17) is 14.5 Å². The standard InChI is InChI=1S/C22H25F2N5O3/c1-12-18(4-3-17(23)19(12)24)32-15-10-28(11-15)13(2)20-26-21-16(22(30)27-20)9-25-29(21)14-5-7-31-8-6-14/h3-4,9,13-15H,5-8,10-11H2,1-2H3,(H,26,27,30). The molecule has 0 spiro atoms. The van der Waals surface area contributed by atoms with Gasteiger partial charge in [0.25, 0.3) is 5.56 Å². The largest absolute Gasteiger partial charge is 0.487 e. The first kappa shape index (κ1) is 21.0. The number of rotatable bonds is 5. The quantitative estimate of drug-likeness (QED) is 0.650. The molecule has 0 amide bonds. The van der Waals surface area contributed by atoms with Gasteiger partial charge in [-0.15, -0.1) is 0 Å². The zero-order valence-electron chi connectivity index (χ0n) is 18.0. The Bertz CT molecular complexity index is 1200. The summed E-state index contributed by atoms with van der Waals surface area (Å²) in [4.78, 5) is 22.4. The minimum absolute atomic E-state index is 0.143. The Hall–Kier alpha value is -2.85. The van der Waals surface area contributed by atoms with E-state index in [0.29, 0.717) is 48.9 Å². The molecule has 0 saturated carbocycles. The number of likely N-dealkylation sites (tertiary alicyclic amines) is 1. The molecule has 4 heterocycles. The molecule has 1 aromatic carbocycles. The first-order chi connectivity index (χ1) is 15.4. The molecule has 2 saturated heterocycles. The van der Waals surface area contributed by atoms with Crippen molar-refractivity contribution in [1.29, 1.82) is 0 Å². The third-order valence-corrected chi connectivity index (χ3v) is 6.42. The first-order valence-electron chi connectivity index (χ1n) is 10.8. The van der Waals surface area contributed by atoms with Crippen molar-refractivity contribution < 1.29 is 18.3 Å². The molecule has 0 radical (unpaired) electrons. The van der Waals surface area contributed by atoms with Crippen LogP contribution in [0, 0.1) is 18.6 Å². The first-order valence-corrected chi connectivity index (χ1v) is 10.8. The second-order valence-corrected chi connectivity index (χ2v) is 8.48. The van der Waals surface area contributed by atoms with Crippen LogP contribution in [0.15, 0.2) is 23.1 Å². The van der Waals surface area contributed by atoms with Crippen LogP contribution < -0.4 is 10.3 Å². The second kappa shape index (κ2) is 8.25. The van der Waals surface area contributed by atoms with E-state index in [-0.39, 0.29) is 29.3 Å². The summed E-state index contributed by atoms with van der Waals surface area (Å²) in [5, 5.41) is 4.91. The van der Waals surface area contributed by atoms with Gasteiger partial charge in [-0.3, -0.25) is 9.69 Å². The maximum absolute atomic E-state index is 13.8. The summed E-state index contributed by atoms with van der Waals surface area (Å²) in [6.07, 6.45) is 3.10. The lowest BCUT2D eigenvalue weighted by Gasteiger charge is -2.42. The molecule has 2 aromatic heterocycles. The number of fused-ring (bicyclic) bond motifs is 1. The molecular formula is C22H25F2N5O3. The van der Waals surface area contributed by atoms with Gasteiger partial charge in [0.2, 0.25) is 0 Å². The van der Waals surface area contributed by atoms with Crippen LogP contribution in [-0.2, 0) is 4.74 Å². The Morgan fingerprint density at radius 1 is 1.25 bits per heavy atom. The number of benzene rings is 1. The van der Waals surface area contributed by atoms with Gasteiger partial charge in [0.1, 0.15) is 23.1 Å². The van der Waals surface area contributed by atoms with E-state index < -0.39 is 11.6 Å². The smallest absolute Gasteiger partial charge is 0.262 e. The van der Waals surface area contributed by atoms with Gasteiger partial charge < -0.3 is 14.5 Å². The highest BCUT2D eigenvalue weighted by Crippen LogP contribution is 2.30. The number of H-pyrrole nitrogens is 1. The Labute approximate surface area is 183 Å². The van der Waals surface area contributed by atoms with Crippen LogP contribution in [0.4, 0.5) is 8.78 Å². The van der Waals surface area contributed by atoms with Crippen molar-refractivity contribution in [2.45, 2.75) is 44.9 Å². The summed E-state index contributed by atoms with van der Waals surface area (Å²) in [6.45, 7) is 5.98. The molecule has 0 aliphatic carbocycles. The van der Waals surface area contributed by atoms with Crippen LogP contribution in [0.25, 0.3) is 11.0 Å². The van der Waals surface area contributed by atoms with Crippen molar-refractivity contribution in [3.8, 4) is 5.75 Å². The fourth-order valence-electron chi connectivity index (χ4n) is 4.32. The minimum atomic E-state index is -0.886. The third-order valence-electron chi connectivity index (χ3n) is 6.42. The molecule has 2 fully saturated rings. The summed E-state index contributed by atoms with van der Waals surface area (Å²) < 4.78 is 40.2. The zero-order valence-corrected chi connectivity index (χ0v) is 18.0. The minimum Gasteiger partial charge on any atom is -0.487 e. The van der Waals surface area contributed by atoms with Crippen LogP contribution in [0.3, 0.4) is 0 Å². The molecule has 32 heavy (non-hydrogen) atoms. The predicted octanol–water partition coefficient (Wildman–Crippen LogP) is 2.88. The fraction of sp³-hybridized carbons (Fsp3) is 0.500. The molecule has 2 aliphatic rings. The van der Waals surface area contributed by atoms with Crippen LogP contribution in [0.1, 0.15) is 43.2 Å². The maximum atomic E-state index is 13.8. The normalized spacial score (nSPS) is 19.2. The van der Waals surface area contributed by atoms with Gasteiger partial charge >= 0.3 is 0 Å². The highest BCUT2D eigenvalue weighted by atomic mass is 19.2. The monoisotopic (exact) mass is 445 g/mol. The van der Waals surface area contributed by atoms with Crippen LogP contribution in [0.2, 0.25) is 0 Å². The number of nitrogens with zero attached hydrogens (tertiary/aromatic N) is 4. The highest BCUT2D eigenvalue weighted by Gasteiger charge is 2.34. The van der Waals surface area contributed by atoms with Crippen LogP contribution in [-0.4, -0.2) is 57.1 Å². The van der Waals surface area contributed by atoms with Crippen molar-refractivity contribution in [1.82, 2.24) is 24.6 Å². The van der Waals surface area contributed by atoms with Gasteiger partial charge in [-0.05, 0) is 38.8 Å². The lowest BCUT2D eigenvalue weighted by Crippen LogP contribution is -2.54. The molecule has 5 rings (SSSR count). The molecule has 10 heteroatoms. The average molecular weight is 445 g/mol. The number of halogens is 2. The number of ether oxygens (including phenoxy) is 2. The summed E-state index contributed by atoms with van der Waals surface area (Å²) in [5.41, 5.74) is 0.545. The van der Waals surface area contributed by atoms with E-state index in [1.165, 1.54) is 13.0 Å². The van der Waals surface area contributed by atoms with Gasteiger partial charge in [-0.1, -0.05) is 0 Å². The molecule has 1 atom stereocenters. The lowest BCUT2D eigenvalue weighted by atomic mass is 10.1. The SMILES string of the molecule is Cc1c(OC2CN(C(C)c3nc4c(cnn4C4CCOCC4)c(=O)[nH]3)C2)ccc(F)c1F. The van der Waals surface area contributed by atoms with Gasteiger partial charge in [-0.2, -0.15) is 5.10 Å². The molecule has 3 aromatic rings. The Kier molecular flexibility index (Phi) is 5.42. The topological polar surface area (TPSA) is 85.3 Å². The lowest BCUT2D eigenvalue weighted by molar-refractivity contribution is -0.00791. The van der Waals surface area contributed by atoms with Gasteiger partial charge in [0.15, 0.2) is 17.3 Å². The summed E-state index contributed by atoms with van der Waals surface area (Å²) >= 11 is 0. The predicted molar refractivity (Wildman–Crippen MR) is 113 cm³/mol. The summed E-state index contributed by atoms with van der Waals surface area (Å²) in [5.74, 6) is -0.860. The Balaban J connectivity index is 1.31. The molecular weight excluding hydrogens is 420 g/mol. The van der Waals surface area contributed by atoms with E-state index in [1.54, 1.807) is 6.20 Å². The van der Waals surface area contributed by atoms with E-state index in [0.717, 1.165) is 18.9 Å². The van der Waals surface area contributed by atoms with E-state index in [2.05, 4.69) is 15.0 Å². The third kappa shape index (κ3) is 3.67. The number of aromatic amines is 1. The van der Waals surface area contributed by atoms with Crippen molar-refractivity contribution in [2.75, 3.05) is 26.3 Å². The van der Waals surface area contributed by atoms with Gasteiger partial charge in [-0.25, -0.2) is 18.4 Å². The molecule has 170 valence electrons.